The van der Waals surface area contributed by atoms with Gasteiger partial charge in [-0.05, 0) is 82.1 Å². The Balaban J connectivity index is 2.76. The number of unbranched alkanes of at least 4 members (excludes halogenated alkanes) is 6. The number of hydrogen-bond donors (Lipinski definition) is 0. The molecule has 0 saturated carbocycles. The Morgan fingerprint density at radius 1 is 0.432 bits per heavy atom. The van der Waals surface area contributed by atoms with Crippen molar-refractivity contribution in [2.75, 3.05) is 26.4 Å². The zero-order valence-electron chi connectivity index (χ0n) is 41.5. The second-order valence-corrected chi connectivity index (χ2v) is 17.0. The van der Waals surface area contributed by atoms with E-state index >= 15 is 13.2 Å². The normalized spacial score (nSPS) is 15.6. The molecule has 3 unspecified atom stereocenters. The van der Waals surface area contributed by atoms with Gasteiger partial charge in [0.1, 0.15) is 17.2 Å². The van der Waals surface area contributed by atoms with Crippen molar-refractivity contribution in [2.45, 2.75) is 168 Å². The molecule has 0 spiro atoms. The van der Waals surface area contributed by atoms with E-state index in [0.29, 0.717) is 12.8 Å². The van der Waals surface area contributed by atoms with Crippen LogP contribution in [-0.2, 0) is 57.0 Å². The van der Waals surface area contributed by atoms with Crippen molar-refractivity contribution in [3.63, 3.8) is 0 Å². The highest BCUT2D eigenvalue weighted by atomic mass is 19.4. The number of hydrogen-bond acceptors (Lipinski definition) is 6. The Labute approximate surface area is 417 Å². The maximum absolute atomic E-state index is 16.0. The van der Waals surface area contributed by atoms with E-state index in [0.717, 1.165) is 25.7 Å². The van der Waals surface area contributed by atoms with Crippen LogP contribution in [0.5, 0.6) is 17.2 Å². The van der Waals surface area contributed by atoms with Gasteiger partial charge in [-0.25, -0.2) is 4.48 Å². The number of alkyl halides is 18. The lowest BCUT2D eigenvalue weighted by atomic mass is 9.85. The van der Waals surface area contributed by atoms with Crippen molar-refractivity contribution in [3.8, 4) is 17.2 Å². The highest BCUT2D eigenvalue weighted by Crippen LogP contribution is 2.55. The van der Waals surface area contributed by atoms with Gasteiger partial charge in [0.15, 0.2) is 12.5 Å². The van der Waals surface area contributed by atoms with E-state index in [9.17, 15) is 65.9 Å². The van der Waals surface area contributed by atoms with Crippen LogP contribution in [0.25, 0.3) is 0 Å². The zero-order chi connectivity index (χ0) is 56.3. The molecule has 3 atom stereocenters. The van der Waals surface area contributed by atoms with E-state index < -0.39 is 148 Å². The monoisotopic (exact) mass is 1100 g/mol. The maximum Gasteiger partial charge on any atom is 0.864 e. The third-order valence-electron chi connectivity index (χ3n) is 12.0. The summed E-state index contributed by atoms with van der Waals surface area (Å²) in [6.07, 6.45) is -32.9. The number of rotatable bonds is 27. The van der Waals surface area contributed by atoms with Gasteiger partial charge < -0.3 is 28.2 Å². The molecule has 420 valence electrons. The third kappa shape index (κ3) is 15.9. The van der Waals surface area contributed by atoms with Gasteiger partial charge in [-0.3, -0.25) is 0 Å². The first-order valence-corrected chi connectivity index (χ1v) is 23.8. The summed E-state index contributed by atoms with van der Waals surface area (Å²) in [6.45, 7) is 9.87. The summed E-state index contributed by atoms with van der Waals surface area (Å²) < 4.78 is 297. The molecule has 74 heavy (non-hydrogen) atoms. The minimum atomic E-state index is -5.86. The first-order chi connectivity index (χ1) is 34.1. The SMILES string of the molecule is CCCCCCCCC[N+](C(CC)OCC)(C(CC)OCC)C(CC)(OCC)c1c(OB(Oc2cc(C(F)(F)F)cc(C(F)(F)F)c2)Oc2cc(C(F)(F)F)cc(C(F)(F)F)c2)cc(C(F)(F)F)cc1C(F)(F)F. The molecule has 0 bridgehead atoms. The minimum Gasteiger partial charge on any atom is -0.490 e. The second kappa shape index (κ2) is 25.7. The lowest BCUT2D eigenvalue weighted by molar-refractivity contribution is -1.08. The standard InChI is InChI=1S/C48H59BF18NO6/c1-8-15-16-17-18-19-20-21-68(39(9-2)69-12-5,40(10-3)70-13-6)42(11-4,71-14-7)41-37(48(65,66)67)28-34(47(62,63)64)29-38(41)74-49(72-35-24-30(43(50,51)52)22-31(25-35)44(53,54)55)73-36-26-32(45(56,57)58)23-33(27-36)46(59,60)61/h22-29,39-40H,8-21H2,1-7H3/q+1. The van der Waals surface area contributed by atoms with E-state index in [1.54, 1.807) is 27.7 Å². The molecule has 7 nitrogen and oxygen atoms in total. The van der Waals surface area contributed by atoms with Crippen LogP contribution >= 0.6 is 0 Å². The number of quaternary nitrogens is 1. The Morgan fingerprint density at radius 3 is 1.14 bits per heavy atom. The summed E-state index contributed by atoms with van der Waals surface area (Å²) in [7, 11) is -3.42. The molecule has 0 amide bonds. The molecular weight excluding hydrogens is 1040 g/mol. The Kier molecular flexibility index (Phi) is 22.2. The van der Waals surface area contributed by atoms with Gasteiger partial charge in [-0.1, -0.05) is 59.8 Å². The van der Waals surface area contributed by atoms with Crippen molar-refractivity contribution in [2.24, 2.45) is 0 Å². The van der Waals surface area contributed by atoms with Crippen molar-refractivity contribution < 1.29 is 112 Å². The van der Waals surface area contributed by atoms with Crippen LogP contribution < -0.4 is 14.0 Å². The Hall–Kier alpha value is -4.30. The molecular formula is C48H59BF18NO6+. The van der Waals surface area contributed by atoms with Crippen LogP contribution in [0, 0.1) is 0 Å². The van der Waals surface area contributed by atoms with Crippen LogP contribution in [0.4, 0.5) is 79.0 Å². The lowest BCUT2D eigenvalue weighted by Gasteiger charge is -2.59. The fraction of sp³-hybridized carbons (Fsp3) is 0.625. The molecule has 3 rings (SSSR count). The summed E-state index contributed by atoms with van der Waals surface area (Å²) in [4.78, 5) is 0. The van der Waals surface area contributed by atoms with Crippen molar-refractivity contribution in [1.29, 1.82) is 0 Å². The molecule has 0 aliphatic heterocycles. The fourth-order valence-corrected chi connectivity index (χ4v) is 9.09. The van der Waals surface area contributed by atoms with E-state index in [2.05, 4.69) is 0 Å². The predicted octanol–water partition coefficient (Wildman–Crippen LogP) is 17.0. The Bertz CT molecular complexity index is 2070. The van der Waals surface area contributed by atoms with E-state index in [-0.39, 0.29) is 75.4 Å². The molecule has 0 saturated heterocycles. The number of halogens is 18. The quantitative estimate of drug-likeness (QED) is 0.0249. The average molecular weight is 1100 g/mol. The first kappa shape index (κ1) is 64.0. The zero-order valence-corrected chi connectivity index (χ0v) is 41.5. The van der Waals surface area contributed by atoms with Gasteiger partial charge >= 0.3 is 44.4 Å². The number of nitrogens with zero attached hydrogens (tertiary/aromatic N) is 1. The molecule has 0 radical (unpaired) electrons. The summed E-state index contributed by atoms with van der Waals surface area (Å²) in [5.41, 5.74) is -16.8. The minimum absolute atomic E-state index is 0.0517. The van der Waals surface area contributed by atoms with Crippen LogP contribution in [0.2, 0.25) is 0 Å². The Morgan fingerprint density at radius 2 is 0.811 bits per heavy atom. The average Bonchev–Trinajstić information content (AvgIpc) is 3.28. The molecule has 0 fully saturated rings. The summed E-state index contributed by atoms with van der Waals surface area (Å²) in [5, 5.41) is 0. The second-order valence-electron chi connectivity index (χ2n) is 17.0. The van der Waals surface area contributed by atoms with Gasteiger partial charge in [0.25, 0.3) is 0 Å². The summed E-state index contributed by atoms with van der Waals surface area (Å²) in [5.74, 6) is -4.91. The van der Waals surface area contributed by atoms with Gasteiger partial charge in [0, 0.05) is 19.3 Å². The topological polar surface area (TPSA) is 55.4 Å². The summed E-state index contributed by atoms with van der Waals surface area (Å²) in [6, 6.07) is -1.88. The molecule has 0 aliphatic rings. The smallest absolute Gasteiger partial charge is 0.490 e. The molecule has 0 aliphatic carbocycles. The van der Waals surface area contributed by atoms with Crippen LogP contribution in [-0.4, -0.2) is 50.6 Å². The maximum atomic E-state index is 16.0. The van der Waals surface area contributed by atoms with E-state index in [4.69, 9.17) is 28.2 Å². The van der Waals surface area contributed by atoms with Gasteiger partial charge in [-0.15, -0.1) is 0 Å². The van der Waals surface area contributed by atoms with Crippen molar-refractivity contribution in [3.05, 3.63) is 87.5 Å². The van der Waals surface area contributed by atoms with E-state index in [1.165, 1.54) is 13.8 Å². The molecule has 26 heteroatoms. The van der Waals surface area contributed by atoms with Crippen LogP contribution in [0.15, 0.2) is 48.5 Å². The largest absolute Gasteiger partial charge is 0.864 e. The van der Waals surface area contributed by atoms with E-state index in [1.807, 2.05) is 6.92 Å². The van der Waals surface area contributed by atoms with Gasteiger partial charge in [0.2, 0.25) is 5.72 Å². The first-order valence-electron chi connectivity index (χ1n) is 23.8. The van der Waals surface area contributed by atoms with Gasteiger partial charge in [-0.2, -0.15) is 79.0 Å². The number of benzene rings is 3. The number of ether oxygens (including phenoxy) is 3. The van der Waals surface area contributed by atoms with Gasteiger partial charge in [0.05, 0.1) is 65.3 Å². The molecule has 0 N–H and O–H groups in total. The lowest BCUT2D eigenvalue weighted by Crippen LogP contribution is -2.74. The molecule has 3 aromatic rings. The van der Waals surface area contributed by atoms with Crippen LogP contribution in [0.1, 0.15) is 152 Å². The van der Waals surface area contributed by atoms with Crippen LogP contribution in [0.3, 0.4) is 0 Å². The van der Waals surface area contributed by atoms with Crippen molar-refractivity contribution in [1.82, 2.24) is 0 Å². The predicted molar refractivity (Wildman–Crippen MR) is 235 cm³/mol. The summed E-state index contributed by atoms with van der Waals surface area (Å²) >= 11 is 0. The fourth-order valence-electron chi connectivity index (χ4n) is 9.09. The third-order valence-corrected chi connectivity index (χ3v) is 12.0. The highest BCUT2D eigenvalue weighted by molar-refractivity contribution is 6.39. The van der Waals surface area contributed by atoms with Crippen molar-refractivity contribution >= 4 is 7.32 Å². The highest BCUT2D eigenvalue weighted by Gasteiger charge is 2.64. The molecule has 0 aromatic heterocycles. The molecule has 3 aromatic carbocycles. The molecule has 0 heterocycles.